The Bertz CT molecular complexity index is 372. The third kappa shape index (κ3) is 2.67. The molecule has 16 heavy (non-hydrogen) atoms. The Balaban J connectivity index is 2.13. The molecule has 88 valence electrons. The highest BCUT2D eigenvalue weighted by Gasteiger charge is 2.19. The van der Waals surface area contributed by atoms with E-state index in [1.807, 2.05) is 19.3 Å². The fourth-order valence-electron chi connectivity index (χ4n) is 2.03. The van der Waals surface area contributed by atoms with E-state index in [4.69, 9.17) is 11.6 Å². The third-order valence-electron chi connectivity index (χ3n) is 2.98. The summed E-state index contributed by atoms with van der Waals surface area (Å²) in [5.41, 5.74) is 1.14. The average molecular weight is 305 g/mol. The molecule has 0 aliphatic carbocycles. The van der Waals surface area contributed by atoms with E-state index in [9.17, 15) is 0 Å². The van der Waals surface area contributed by atoms with Gasteiger partial charge in [-0.2, -0.15) is 0 Å². The minimum Gasteiger partial charge on any atom is -0.369 e. The molecular weight excluding hydrogens is 289 g/mol. The highest BCUT2D eigenvalue weighted by Crippen LogP contribution is 2.26. The van der Waals surface area contributed by atoms with Crippen LogP contribution in [0.2, 0.25) is 5.15 Å². The number of hydrogen-bond donors (Lipinski definition) is 1. The maximum absolute atomic E-state index is 5.89. The second-order valence-electron chi connectivity index (χ2n) is 4.04. The van der Waals surface area contributed by atoms with Gasteiger partial charge in [0.05, 0.1) is 16.4 Å². The van der Waals surface area contributed by atoms with Crippen LogP contribution in [0.1, 0.15) is 12.8 Å². The molecule has 2 rings (SSSR count). The second kappa shape index (κ2) is 5.34. The van der Waals surface area contributed by atoms with Gasteiger partial charge in [-0.15, -0.1) is 0 Å². The zero-order valence-electron chi connectivity index (χ0n) is 9.21. The van der Waals surface area contributed by atoms with E-state index < -0.39 is 0 Å². The van der Waals surface area contributed by atoms with E-state index in [0.717, 1.165) is 23.2 Å². The highest BCUT2D eigenvalue weighted by molar-refractivity contribution is 9.10. The van der Waals surface area contributed by atoms with Crippen LogP contribution in [0.3, 0.4) is 0 Å². The van der Waals surface area contributed by atoms with Crippen molar-refractivity contribution in [1.29, 1.82) is 0 Å². The van der Waals surface area contributed by atoms with Gasteiger partial charge in [-0.25, -0.2) is 4.98 Å². The Morgan fingerprint density at radius 3 is 3.12 bits per heavy atom. The molecule has 1 aromatic heterocycles. The van der Waals surface area contributed by atoms with Crippen molar-refractivity contribution in [2.24, 2.45) is 0 Å². The summed E-state index contributed by atoms with van der Waals surface area (Å²) in [6.07, 6.45) is 4.30. The van der Waals surface area contributed by atoms with E-state index >= 15 is 0 Å². The largest absolute Gasteiger partial charge is 0.369 e. The quantitative estimate of drug-likeness (QED) is 0.852. The Hall–Kier alpha value is -0.320. The van der Waals surface area contributed by atoms with Crippen molar-refractivity contribution in [2.45, 2.75) is 18.9 Å². The van der Waals surface area contributed by atoms with Gasteiger partial charge in [-0.3, -0.25) is 0 Å². The van der Waals surface area contributed by atoms with Crippen LogP contribution in [0.5, 0.6) is 0 Å². The smallest absolute Gasteiger partial charge is 0.143 e. The molecule has 2 heterocycles. The Labute approximate surface area is 109 Å². The summed E-state index contributed by atoms with van der Waals surface area (Å²) in [6.45, 7) is 2.13. The molecule has 5 heteroatoms. The lowest BCUT2D eigenvalue weighted by atomic mass is 10.1. The number of pyridine rings is 1. The summed E-state index contributed by atoms with van der Waals surface area (Å²) in [4.78, 5) is 6.51. The molecule has 1 fully saturated rings. The van der Waals surface area contributed by atoms with Crippen molar-refractivity contribution in [3.8, 4) is 0 Å². The molecule has 0 unspecified atom stereocenters. The van der Waals surface area contributed by atoms with Crippen LogP contribution in [0.4, 0.5) is 5.69 Å². The minimum atomic E-state index is 0.519. The van der Waals surface area contributed by atoms with Gasteiger partial charge in [0.25, 0.3) is 0 Å². The van der Waals surface area contributed by atoms with Crippen molar-refractivity contribution in [3.05, 3.63) is 21.9 Å². The summed E-state index contributed by atoms with van der Waals surface area (Å²) >= 11 is 9.29. The fourth-order valence-corrected chi connectivity index (χ4v) is 2.47. The summed E-state index contributed by atoms with van der Waals surface area (Å²) in [5.74, 6) is 0. The van der Waals surface area contributed by atoms with E-state index in [0.29, 0.717) is 11.2 Å². The fraction of sp³-hybridized carbons (Fsp3) is 0.545. The summed E-state index contributed by atoms with van der Waals surface area (Å²) in [7, 11) is 2.02. The molecule has 1 saturated heterocycles. The van der Waals surface area contributed by atoms with Gasteiger partial charge in [-0.05, 0) is 41.9 Å². The van der Waals surface area contributed by atoms with Crippen LogP contribution in [0.15, 0.2) is 16.7 Å². The normalized spacial score (nSPS) is 21.2. The number of hydrogen-bond acceptors (Lipinski definition) is 3. The van der Waals surface area contributed by atoms with Gasteiger partial charge in [0.2, 0.25) is 0 Å². The molecule has 1 aliphatic heterocycles. The van der Waals surface area contributed by atoms with Gasteiger partial charge in [0.15, 0.2) is 0 Å². The van der Waals surface area contributed by atoms with Crippen LogP contribution in [-0.4, -0.2) is 31.2 Å². The molecule has 0 radical (unpaired) electrons. The van der Waals surface area contributed by atoms with Gasteiger partial charge in [0.1, 0.15) is 5.15 Å². The van der Waals surface area contributed by atoms with Gasteiger partial charge < -0.3 is 10.2 Å². The summed E-state index contributed by atoms with van der Waals surface area (Å²) in [6, 6.07) is 2.61. The Kier molecular flexibility index (Phi) is 4.05. The first-order valence-electron chi connectivity index (χ1n) is 5.44. The van der Waals surface area contributed by atoms with E-state index in [1.165, 1.54) is 12.8 Å². The van der Waals surface area contributed by atoms with Crippen molar-refractivity contribution < 1.29 is 0 Å². The maximum Gasteiger partial charge on any atom is 0.143 e. The molecule has 1 N–H and O–H groups in total. The molecule has 0 aromatic carbocycles. The maximum atomic E-state index is 5.89. The zero-order chi connectivity index (χ0) is 11.5. The van der Waals surface area contributed by atoms with Gasteiger partial charge in [-0.1, -0.05) is 11.6 Å². The lowest BCUT2D eigenvalue weighted by molar-refractivity contribution is 0.449. The number of likely N-dealkylation sites (N-methyl/N-ethyl adjacent to an activating group) is 1. The molecule has 0 amide bonds. The van der Waals surface area contributed by atoms with Crippen molar-refractivity contribution in [2.75, 3.05) is 25.0 Å². The van der Waals surface area contributed by atoms with Crippen LogP contribution in [0, 0.1) is 0 Å². The number of nitrogens with zero attached hydrogens (tertiary/aromatic N) is 2. The molecule has 3 nitrogen and oxygen atoms in total. The molecule has 0 saturated carbocycles. The first kappa shape index (κ1) is 12.1. The predicted octanol–water partition coefficient (Wildman–Crippen LogP) is 2.69. The summed E-state index contributed by atoms with van der Waals surface area (Å²) in [5, 5.41) is 3.85. The van der Waals surface area contributed by atoms with E-state index in [-0.39, 0.29) is 0 Å². The molecule has 1 aliphatic rings. The zero-order valence-corrected chi connectivity index (χ0v) is 11.6. The molecular formula is C11H15BrClN3. The van der Waals surface area contributed by atoms with E-state index in [1.54, 1.807) is 0 Å². The standard InChI is InChI=1S/C11H15BrClN3/c1-14-8-3-2-4-16(7-8)9-5-10(12)11(13)15-6-9/h5-6,8,14H,2-4,7H2,1H3/t8-/m0/s1. The van der Waals surface area contributed by atoms with Gasteiger partial charge >= 0.3 is 0 Å². The Morgan fingerprint density at radius 1 is 1.62 bits per heavy atom. The van der Waals surface area contributed by atoms with Crippen molar-refractivity contribution in [1.82, 2.24) is 10.3 Å². The van der Waals surface area contributed by atoms with Gasteiger partial charge in [0, 0.05) is 19.1 Å². The third-order valence-corrected chi connectivity index (χ3v) is 4.11. The SMILES string of the molecule is CN[C@H]1CCCN(c2cnc(Cl)c(Br)c2)C1. The number of nitrogens with one attached hydrogen (secondary N) is 1. The minimum absolute atomic E-state index is 0.519. The van der Waals surface area contributed by atoms with E-state index in [2.05, 4.69) is 31.1 Å². The number of rotatable bonds is 2. The average Bonchev–Trinajstić information content (AvgIpc) is 2.33. The molecule has 0 bridgehead atoms. The van der Waals surface area contributed by atoms with Crippen LogP contribution >= 0.6 is 27.5 Å². The number of halogens is 2. The van der Waals surface area contributed by atoms with Crippen molar-refractivity contribution >= 4 is 33.2 Å². The highest BCUT2D eigenvalue weighted by atomic mass is 79.9. The van der Waals surface area contributed by atoms with Crippen LogP contribution in [0.25, 0.3) is 0 Å². The summed E-state index contributed by atoms with van der Waals surface area (Å²) < 4.78 is 0.859. The lowest BCUT2D eigenvalue weighted by Gasteiger charge is -2.34. The number of aromatic nitrogens is 1. The first-order valence-corrected chi connectivity index (χ1v) is 6.61. The topological polar surface area (TPSA) is 28.2 Å². The molecule has 1 aromatic rings. The molecule has 1 atom stereocenters. The second-order valence-corrected chi connectivity index (χ2v) is 5.25. The van der Waals surface area contributed by atoms with Crippen LogP contribution in [-0.2, 0) is 0 Å². The predicted molar refractivity (Wildman–Crippen MR) is 71.2 cm³/mol. The van der Waals surface area contributed by atoms with Crippen LogP contribution < -0.4 is 10.2 Å². The number of anilines is 1. The molecule has 0 spiro atoms. The van der Waals surface area contributed by atoms with Crippen molar-refractivity contribution in [3.63, 3.8) is 0 Å². The Morgan fingerprint density at radius 2 is 2.44 bits per heavy atom. The number of piperidine rings is 1. The first-order chi connectivity index (χ1) is 7.70. The lowest BCUT2D eigenvalue weighted by Crippen LogP contribution is -2.44. The monoisotopic (exact) mass is 303 g/mol.